The number of ether oxygens (including phenoxy) is 1. The lowest BCUT2D eigenvalue weighted by Crippen LogP contribution is -2.33. The van der Waals surface area contributed by atoms with Crippen molar-refractivity contribution in [3.05, 3.63) is 0 Å². The fourth-order valence-corrected chi connectivity index (χ4v) is 0.669. The van der Waals surface area contributed by atoms with Crippen LogP contribution in [0, 0.1) is 11.8 Å². The molecule has 1 rings (SSSR count). The Balaban J connectivity index is 2.22. The van der Waals surface area contributed by atoms with Crippen LogP contribution in [0.3, 0.4) is 0 Å². The Morgan fingerprint density at radius 2 is 2.38 bits per heavy atom. The van der Waals surface area contributed by atoms with Gasteiger partial charge in [-0.3, -0.25) is 0 Å². The Kier molecular flexibility index (Phi) is 1.63. The maximum absolute atomic E-state index is 10.1. The molecule has 0 saturated carbocycles. The predicted octanol–water partition coefficient (Wildman–Crippen LogP) is 0.468. The third kappa shape index (κ3) is 0.892. The molecule has 0 amide bonds. The van der Waals surface area contributed by atoms with Gasteiger partial charge in [0.1, 0.15) is 6.29 Å². The smallest absolute Gasteiger partial charge is 0.123 e. The molecule has 0 N–H and O–H groups in total. The fraction of sp³-hybridized carbons (Fsp3) is 0.833. The molecule has 8 heavy (non-hydrogen) atoms. The molecule has 1 saturated heterocycles. The normalized spacial score (nSPS) is 24.1. The molecule has 46 valence electrons. The van der Waals surface area contributed by atoms with E-state index in [1.807, 2.05) is 6.92 Å². The number of aldehydes is 1. The maximum atomic E-state index is 10.1. The molecule has 0 aromatic carbocycles. The summed E-state index contributed by atoms with van der Waals surface area (Å²) in [6.45, 7) is 3.49. The zero-order valence-corrected chi connectivity index (χ0v) is 4.96. The monoisotopic (exact) mass is 114 g/mol. The van der Waals surface area contributed by atoms with E-state index in [4.69, 9.17) is 4.74 Å². The highest BCUT2D eigenvalue weighted by Crippen LogP contribution is 2.17. The molecule has 2 nitrogen and oxygen atoms in total. The largest absolute Gasteiger partial charge is 0.381 e. The zero-order valence-electron chi connectivity index (χ0n) is 4.96. The van der Waals surface area contributed by atoms with Crippen LogP contribution in [0.25, 0.3) is 0 Å². The first-order valence-corrected chi connectivity index (χ1v) is 2.87. The van der Waals surface area contributed by atoms with Gasteiger partial charge < -0.3 is 9.53 Å². The van der Waals surface area contributed by atoms with Gasteiger partial charge in [0.15, 0.2) is 0 Å². The third-order valence-electron chi connectivity index (χ3n) is 1.62. The first kappa shape index (κ1) is 5.76. The van der Waals surface area contributed by atoms with Gasteiger partial charge in [-0.1, -0.05) is 6.92 Å². The number of carbonyl (C=O) groups excluding carboxylic acids is 1. The Bertz CT molecular complexity index is 86.5. The van der Waals surface area contributed by atoms with Crippen molar-refractivity contribution in [2.75, 3.05) is 13.2 Å². The number of hydrogen-bond acceptors (Lipinski definition) is 2. The highest BCUT2D eigenvalue weighted by molar-refractivity contribution is 5.53. The lowest BCUT2D eigenvalue weighted by atomic mass is 9.94. The quantitative estimate of drug-likeness (QED) is 0.488. The van der Waals surface area contributed by atoms with Crippen molar-refractivity contribution in [1.29, 1.82) is 0 Å². The van der Waals surface area contributed by atoms with Crippen molar-refractivity contribution < 1.29 is 9.53 Å². The summed E-state index contributed by atoms with van der Waals surface area (Å²) in [5, 5.41) is 0. The molecule has 1 fully saturated rings. The third-order valence-corrected chi connectivity index (χ3v) is 1.62. The second-order valence-electron chi connectivity index (χ2n) is 2.29. The van der Waals surface area contributed by atoms with E-state index in [0.29, 0.717) is 5.92 Å². The van der Waals surface area contributed by atoms with E-state index in [9.17, 15) is 4.79 Å². The minimum atomic E-state index is 0.198. The average molecular weight is 114 g/mol. The molecule has 1 unspecified atom stereocenters. The highest BCUT2D eigenvalue weighted by Gasteiger charge is 2.23. The molecule has 0 bridgehead atoms. The van der Waals surface area contributed by atoms with E-state index >= 15 is 0 Å². The van der Waals surface area contributed by atoms with Crippen LogP contribution in [0.2, 0.25) is 0 Å². The predicted molar refractivity (Wildman–Crippen MR) is 29.5 cm³/mol. The summed E-state index contributed by atoms with van der Waals surface area (Å²) in [5.74, 6) is 0.705. The standard InChI is InChI=1S/C6H10O2/c1-5(2-7)6-3-8-4-6/h2,5-6H,3-4H2,1H3. The first-order valence-electron chi connectivity index (χ1n) is 2.87. The molecular weight excluding hydrogens is 104 g/mol. The van der Waals surface area contributed by atoms with Gasteiger partial charge in [0, 0.05) is 11.8 Å². The molecule has 2 heteroatoms. The van der Waals surface area contributed by atoms with Crippen molar-refractivity contribution in [1.82, 2.24) is 0 Å². The molecule has 1 heterocycles. The van der Waals surface area contributed by atoms with E-state index in [-0.39, 0.29) is 5.92 Å². The van der Waals surface area contributed by atoms with Crippen LogP contribution in [0.5, 0.6) is 0 Å². The molecular formula is C6H10O2. The molecule has 1 atom stereocenters. The molecule has 1 aliphatic rings. The van der Waals surface area contributed by atoms with Crippen LogP contribution >= 0.6 is 0 Å². The average Bonchev–Trinajstić information content (AvgIpc) is 1.62. The molecule has 1 aliphatic heterocycles. The Morgan fingerprint density at radius 1 is 1.75 bits per heavy atom. The van der Waals surface area contributed by atoms with Gasteiger partial charge in [-0.05, 0) is 0 Å². The van der Waals surface area contributed by atoms with E-state index in [1.165, 1.54) is 0 Å². The van der Waals surface area contributed by atoms with Crippen LogP contribution in [0.1, 0.15) is 6.92 Å². The summed E-state index contributed by atoms with van der Waals surface area (Å²) in [6.07, 6.45) is 0.993. The summed E-state index contributed by atoms with van der Waals surface area (Å²) < 4.78 is 4.90. The van der Waals surface area contributed by atoms with Gasteiger partial charge in [-0.15, -0.1) is 0 Å². The molecule has 0 aromatic heterocycles. The summed E-state index contributed by atoms with van der Waals surface area (Å²) >= 11 is 0. The topological polar surface area (TPSA) is 26.3 Å². The van der Waals surface area contributed by atoms with Crippen LogP contribution in [-0.2, 0) is 9.53 Å². The SMILES string of the molecule is CC(C=O)C1COC1. The van der Waals surface area contributed by atoms with Crippen molar-refractivity contribution in [2.45, 2.75) is 6.92 Å². The van der Waals surface area contributed by atoms with Crippen molar-refractivity contribution >= 4 is 6.29 Å². The van der Waals surface area contributed by atoms with Crippen molar-refractivity contribution in [3.63, 3.8) is 0 Å². The van der Waals surface area contributed by atoms with E-state index < -0.39 is 0 Å². The summed E-state index contributed by atoms with van der Waals surface area (Å²) in [5.41, 5.74) is 0. The minimum Gasteiger partial charge on any atom is -0.381 e. The van der Waals surface area contributed by atoms with Gasteiger partial charge >= 0.3 is 0 Å². The van der Waals surface area contributed by atoms with Crippen molar-refractivity contribution in [2.24, 2.45) is 11.8 Å². The maximum Gasteiger partial charge on any atom is 0.123 e. The number of rotatable bonds is 2. The van der Waals surface area contributed by atoms with E-state index in [1.54, 1.807) is 0 Å². The lowest BCUT2D eigenvalue weighted by Gasteiger charge is -2.28. The molecule has 0 aliphatic carbocycles. The van der Waals surface area contributed by atoms with Crippen LogP contribution < -0.4 is 0 Å². The van der Waals surface area contributed by atoms with Gasteiger partial charge in [-0.25, -0.2) is 0 Å². The van der Waals surface area contributed by atoms with Gasteiger partial charge in [0.25, 0.3) is 0 Å². The summed E-state index contributed by atoms with van der Waals surface area (Å²) in [7, 11) is 0. The number of carbonyl (C=O) groups is 1. The van der Waals surface area contributed by atoms with Gasteiger partial charge in [-0.2, -0.15) is 0 Å². The minimum absolute atomic E-state index is 0.198. The van der Waals surface area contributed by atoms with Crippen LogP contribution in [0.4, 0.5) is 0 Å². The molecule has 0 radical (unpaired) electrons. The first-order chi connectivity index (χ1) is 3.84. The number of hydrogen-bond donors (Lipinski definition) is 0. The summed E-state index contributed by atoms with van der Waals surface area (Å²) in [4.78, 5) is 10.1. The Hall–Kier alpha value is -0.370. The van der Waals surface area contributed by atoms with Crippen LogP contribution in [0.15, 0.2) is 0 Å². The van der Waals surface area contributed by atoms with Crippen molar-refractivity contribution in [3.8, 4) is 0 Å². The highest BCUT2D eigenvalue weighted by atomic mass is 16.5. The van der Waals surface area contributed by atoms with Gasteiger partial charge in [0.2, 0.25) is 0 Å². The van der Waals surface area contributed by atoms with Crippen LogP contribution in [-0.4, -0.2) is 19.5 Å². The van der Waals surface area contributed by atoms with E-state index in [0.717, 1.165) is 19.5 Å². The lowest BCUT2D eigenvalue weighted by molar-refractivity contribution is -0.119. The Labute approximate surface area is 48.8 Å². The zero-order chi connectivity index (χ0) is 5.98. The summed E-state index contributed by atoms with van der Waals surface area (Å²) in [6, 6.07) is 0. The van der Waals surface area contributed by atoms with Gasteiger partial charge in [0.05, 0.1) is 13.2 Å². The molecule has 0 aromatic rings. The molecule has 0 spiro atoms. The fourth-order valence-electron chi connectivity index (χ4n) is 0.669. The second-order valence-corrected chi connectivity index (χ2v) is 2.29. The second kappa shape index (κ2) is 2.27. The Morgan fingerprint density at radius 3 is 2.50 bits per heavy atom. The van der Waals surface area contributed by atoms with E-state index in [2.05, 4.69) is 0 Å².